The van der Waals surface area contributed by atoms with Crippen molar-refractivity contribution in [1.82, 2.24) is 9.13 Å². The van der Waals surface area contributed by atoms with Crippen LogP contribution in [0.25, 0.3) is 104 Å². The maximum Gasteiger partial charge on any atom is 0.244 e. The summed E-state index contributed by atoms with van der Waals surface area (Å²) in [5.74, 6) is 0. The Hall–Kier alpha value is -7.86. The average molecular weight is 719 g/mol. The van der Waals surface area contributed by atoms with Gasteiger partial charge < -0.3 is 9.13 Å². The smallest absolute Gasteiger partial charge is 0.244 e. The molecule has 57 heavy (non-hydrogen) atoms. The van der Waals surface area contributed by atoms with Gasteiger partial charge in [0.2, 0.25) is 6.71 Å². The van der Waals surface area contributed by atoms with Crippen molar-refractivity contribution in [3.63, 3.8) is 0 Å². The summed E-state index contributed by atoms with van der Waals surface area (Å²) in [6, 6.07) is 61.3. The fraction of sp³-hybridized carbons (Fsp3) is 0. The molecule has 2 aliphatic rings. The van der Waals surface area contributed by atoms with Crippen LogP contribution in [0, 0.1) is 17.9 Å². The van der Waals surface area contributed by atoms with Crippen LogP contribution in [0.5, 0.6) is 0 Å². The van der Waals surface area contributed by atoms with E-state index in [1.807, 2.05) is 24.3 Å². The minimum atomic E-state index is 0.0693. The molecule has 5 heteroatoms. The van der Waals surface area contributed by atoms with E-state index in [0.717, 1.165) is 33.4 Å². The van der Waals surface area contributed by atoms with E-state index >= 15 is 0 Å². The Morgan fingerprint density at radius 1 is 0.456 bits per heavy atom. The molecule has 13 rings (SSSR count). The van der Waals surface area contributed by atoms with Crippen molar-refractivity contribution in [1.29, 1.82) is 5.26 Å². The summed E-state index contributed by atoms with van der Waals surface area (Å²) in [5.41, 5.74) is 17.1. The molecule has 2 aliphatic heterocycles. The lowest BCUT2D eigenvalue weighted by atomic mass is 9.31. The zero-order valence-corrected chi connectivity index (χ0v) is 30.5. The Balaban J connectivity index is 1.16. The van der Waals surface area contributed by atoms with Crippen molar-refractivity contribution < 1.29 is 0 Å². The lowest BCUT2D eigenvalue weighted by Crippen LogP contribution is -2.57. The highest BCUT2D eigenvalue weighted by atomic mass is 15.0. The maximum absolute atomic E-state index is 9.59. The van der Waals surface area contributed by atoms with Gasteiger partial charge in [0.15, 0.2) is 5.69 Å². The lowest BCUT2D eigenvalue weighted by Gasteiger charge is -2.34. The quantitative estimate of drug-likeness (QED) is 0.130. The van der Waals surface area contributed by atoms with E-state index in [-0.39, 0.29) is 6.71 Å². The molecule has 258 valence electrons. The third-order valence-corrected chi connectivity index (χ3v) is 12.7. The molecule has 0 bridgehead atoms. The van der Waals surface area contributed by atoms with Crippen LogP contribution in [-0.2, 0) is 0 Å². The summed E-state index contributed by atoms with van der Waals surface area (Å²) in [7, 11) is 0. The lowest BCUT2D eigenvalue weighted by molar-refractivity contribution is 1.18. The minimum absolute atomic E-state index is 0.0693. The second-order valence-electron chi connectivity index (χ2n) is 15.4. The molecular formula is C52H27BN4. The second-order valence-corrected chi connectivity index (χ2v) is 15.4. The zero-order chi connectivity index (χ0) is 37.5. The van der Waals surface area contributed by atoms with Crippen molar-refractivity contribution in [2.75, 3.05) is 0 Å². The second kappa shape index (κ2) is 10.9. The first kappa shape index (κ1) is 30.5. The topological polar surface area (TPSA) is 38.0 Å². The van der Waals surface area contributed by atoms with Gasteiger partial charge >= 0.3 is 0 Å². The number of nitriles is 1. The summed E-state index contributed by atoms with van der Waals surface area (Å²) < 4.78 is 4.74. The van der Waals surface area contributed by atoms with E-state index in [0.29, 0.717) is 11.3 Å². The number of hydrogen-bond donors (Lipinski definition) is 0. The van der Waals surface area contributed by atoms with Crippen molar-refractivity contribution >= 4 is 93.9 Å². The van der Waals surface area contributed by atoms with Crippen LogP contribution in [0.2, 0.25) is 0 Å². The summed E-state index contributed by atoms with van der Waals surface area (Å²) >= 11 is 0. The molecule has 4 heterocycles. The highest BCUT2D eigenvalue weighted by Crippen LogP contribution is 2.46. The number of benzene rings is 9. The van der Waals surface area contributed by atoms with E-state index in [1.54, 1.807) is 0 Å². The predicted octanol–water partition coefficient (Wildman–Crippen LogP) is 11.1. The number of nitrogens with zero attached hydrogens (tertiary/aromatic N) is 4. The van der Waals surface area contributed by atoms with Crippen LogP contribution in [-0.4, -0.2) is 15.8 Å². The molecule has 11 aromatic rings. The largest absolute Gasteiger partial charge is 0.309 e. The Morgan fingerprint density at radius 2 is 0.930 bits per heavy atom. The van der Waals surface area contributed by atoms with Gasteiger partial charge in [-0.05, 0) is 104 Å². The van der Waals surface area contributed by atoms with Gasteiger partial charge in [-0.25, -0.2) is 4.85 Å². The monoisotopic (exact) mass is 718 g/mol. The first-order valence-electron chi connectivity index (χ1n) is 19.3. The zero-order valence-electron chi connectivity index (χ0n) is 30.5. The van der Waals surface area contributed by atoms with Gasteiger partial charge in [0.25, 0.3) is 0 Å². The fourth-order valence-electron chi connectivity index (χ4n) is 10.6. The highest BCUT2D eigenvalue weighted by molar-refractivity contribution is 7.01. The van der Waals surface area contributed by atoms with Crippen LogP contribution >= 0.6 is 0 Å². The van der Waals surface area contributed by atoms with Crippen LogP contribution in [0.15, 0.2) is 164 Å². The molecule has 9 aromatic carbocycles. The number of para-hydroxylation sites is 2. The molecular weight excluding hydrogens is 691 g/mol. The van der Waals surface area contributed by atoms with Gasteiger partial charge in [-0.3, -0.25) is 0 Å². The Bertz CT molecular complexity index is 3460. The molecule has 0 amide bonds. The number of hydrogen-bond acceptors (Lipinski definition) is 1. The van der Waals surface area contributed by atoms with Gasteiger partial charge in [0.1, 0.15) is 0 Å². The molecule has 0 aliphatic carbocycles. The first-order valence-corrected chi connectivity index (χ1v) is 19.3. The summed E-state index contributed by atoms with van der Waals surface area (Å²) in [5, 5.41) is 19.7. The van der Waals surface area contributed by atoms with Gasteiger partial charge in [-0.1, -0.05) is 120 Å². The molecule has 0 N–H and O–H groups in total. The van der Waals surface area contributed by atoms with E-state index in [9.17, 15) is 5.26 Å². The molecule has 0 saturated carbocycles. The van der Waals surface area contributed by atoms with Crippen LogP contribution in [0.4, 0.5) is 5.69 Å². The van der Waals surface area contributed by atoms with E-state index in [1.165, 1.54) is 81.7 Å². The summed E-state index contributed by atoms with van der Waals surface area (Å²) in [6.45, 7) is 7.63. The summed E-state index contributed by atoms with van der Waals surface area (Å²) in [6.07, 6.45) is 0. The molecule has 0 radical (unpaired) electrons. The average Bonchev–Trinajstić information content (AvgIpc) is 3.79. The normalized spacial score (nSPS) is 12.5. The summed E-state index contributed by atoms with van der Waals surface area (Å²) in [4.78, 5) is 3.67. The van der Waals surface area contributed by atoms with Gasteiger partial charge in [0, 0.05) is 32.9 Å². The van der Waals surface area contributed by atoms with E-state index < -0.39 is 0 Å². The first-order chi connectivity index (χ1) is 28.2. The SMILES string of the molecule is [C-]#[N+]c1ccc(-n2c3ccccc3c3c4cccc5c4c(cc32)-c2cccc3c2B5c2cccc4c2c-3cc2c4c3ccccc3n2-c2ccc(C#N)cc2)cc1. The maximum atomic E-state index is 9.59. The predicted molar refractivity (Wildman–Crippen MR) is 237 cm³/mol. The van der Waals surface area contributed by atoms with Crippen molar-refractivity contribution in [3.8, 4) is 39.7 Å². The van der Waals surface area contributed by atoms with Crippen molar-refractivity contribution in [2.24, 2.45) is 0 Å². The van der Waals surface area contributed by atoms with Gasteiger partial charge in [0.05, 0.1) is 40.3 Å². The van der Waals surface area contributed by atoms with Gasteiger partial charge in [-0.15, -0.1) is 0 Å². The molecule has 0 spiro atoms. The molecule has 4 nitrogen and oxygen atoms in total. The molecule has 0 saturated heterocycles. The third kappa shape index (κ3) is 3.80. The third-order valence-electron chi connectivity index (χ3n) is 12.7. The number of aromatic nitrogens is 2. The van der Waals surface area contributed by atoms with E-state index in [4.69, 9.17) is 6.57 Å². The molecule has 0 unspecified atom stereocenters. The van der Waals surface area contributed by atoms with Crippen molar-refractivity contribution in [3.05, 3.63) is 181 Å². The van der Waals surface area contributed by atoms with Crippen LogP contribution in [0.1, 0.15) is 5.56 Å². The number of rotatable bonds is 2. The van der Waals surface area contributed by atoms with Crippen LogP contribution in [0.3, 0.4) is 0 Å². The van der Waals surface area contributed by atoms with E-state index in [2.05, 4.69) is 160 Å². The Morgan fingerprint density at radius 3 is 1.44 bits per heavy atom. The standard InChI is InChI=1S/C52H27BN4/c1-55-31-21-25-33(26-22-31)57-45-18-5-3-10-37(45)51-39-14-8-16-43-49(39)41(28-47(51)57)35-12-6-11-34-40-27-46-50(38-13-7-15-42(48(38)40)53(43)52(34)35)36-9-2-4-17-44(36)56(46)32-23-19-30(29-54)20-24-32/h2-28H. The molecule has 2 aromatic heterocycles. The minimum Gasteiger partial charge on any atom is -0.309 e. The van der Waals surface area contributed by atoms with Gasteiger partial charge in [-0.2, -0.15) is 5.26 Å². The Kier molecular flexibility index (Phi) is 5.82. The van der Waals surface area contributed by atoms with Crippen molar-refractivity contribution in [2.45, 2.75) is 0 Å². The Labute approximate surface area is 327 Å². The highest BCUT2D eigenvalue weighted by Gasteiger charge is 2.39. The van der Waals surface area contributed by atoms with Crippen LogP contribution < -0.4 is 16.4 Å². The fourth-order valence-corrected chi connectivity index (χ4v) is 10.6. The number of fused-ring (bicyclic) bond motifs is 12. The molecule has 0 atom stereocenters. The molecule has 0 fully saturated rings.